The molecule has 7 nitrogen and oxygen atoms in total. The van der Waals surface area contributed by atoms with Crippen molar-refractivity contribution in [2.24, 2.45) is 4.99 Å². The number of rotatable bonds is 8. The zero-order valence-electron chi connectivity index (χ0n) is 17.9. The second kappa shape index (κ2) is 10.5. The first-order chi connectivity index (χ1) is 13.0. The summed E-state index contributed by atoms with van der Waals surface area (Å²) in [5, 5.41) is 6.34. The molecule has 1 aromatic rings. The minimum absolute atomic E-state index is 0.0156. The Kier molecular flexibility index (Phi) is 8.94. The van der Waals surface area contributed by atoms with Gasteiger partial charge < -0.3 is 15.5 Å². The monoisotopic (exact) mass is 410 g/mol. The molecule has 0 radical (unpaired) electrons. The van der Waals surface area contributed by atoms with Crippen molar-refractivity contribution in [3.63, 3.8) is 0 Å². The van der Waals surface area contributed by atoms with Crippen LogP contribution in [0, 0.1) is 0 Å². The Labute approximate surface area is 169 Å². The van der Waals surface area contributed by atoms with Crippen LogP contribution in [0.5, 0.6) is 0 Å². The normalized spacial score (nSPS) is 12.6. The van der Waals surface area contributed by atoms with E-state index in [1.165, 1.54) is 0 Å². The number of amides is 1. The largest absolute Gasteiger partial charge is 0.357 e. The van der Waals surface area contributed by atoms with Crippen LogP contribution in [0.4, 0.5) is 0 Å². The molecule has 0 aromatic heterocycles. The smallest absolute Gasteiger partial charge is 0.253 e. The van der Waals surface area contributed by atoms with Crippen LogP contribution in [-0.2, 0) is 16.3 Å². The number of nitrogens with one attached hydrogen (secondary N) is 2. The molecular weight excluding hydrogens is 376 g/mol. The molecular formula is C20H34N4O3S. The first kappa shape index (κ1) is 23.9. The van der Waals surface area contributed by atoms with E-state index in [2.05, 4.69) is 15.6 Å². The Morgan fingerprint density at radius 2 is 1.86 bits per heavy atom. The summed E-state index contributed by atoms with van der Waals surface area (Å²) < 4.78 is 23.6. The van der Waals surface area contributed by atoms with Crippen LogP contribution in [0.3, 0.4) is 0 Å². The predicted octanol–water partition coefficient (Wildman–Crippen LogP) is 1.70. The van der Waals surface area contributed by atoms with E-state index >= 15 is 0 Å². The van der Waals surface area contributed by atoms with E-state index in [-0.39, 0.29) is 18.2 Å². The number of nitrogens with zero attached hydrogens (tertiary/aromatic N) is 2. The van der Waals surface area contributed by atoms with E-state index in [9.17, 15) is 13.2 Å². The summed E-state index contributed by atoms with van der Waals surface area (Å²) in [5.74, 6) is 0.582. The molecule has 0 bridgehead atoms. The lowest BCUT2D eigenvalue weighted by Gasteiger charge is -2.18. The minimum Gasteiger partial charge on any atom is -0.357 e. The molecule has 28 heavy (non-hydrogen) atoms. The van der Waals surface area contributed by atoms with Gasteiger partial charge in [-0.15, -0.1) is 0 Å². The van der Waals surface area contributed by atoms with E-state index in [1.807, 2.05) is 25.1 Å². The third-order valence-electron chi connectivity index (χ3n) is 4.19. The Balaban J connectivity index is 2.64. The molecule has 8 heteroatoms. The standard InChI is InChI=1S/C20H34N4O3S/c1-7-21-19(23-13-14-28(26,27)20(2,3)4)22-12-11-16-9-8-10-17(15-16)18(25)24(5)6/h8-10,15H,7,11-14H2,1-6H3,(H2,21,22,23). The van der Waals surface area contributed by atoms with E-state index in [0.717, 1.165) is 12.0 Å². The average molecular weight is 411 g/mol. The van der Waals surface area contributed by atoms with Crippen molar-refractivity contribution < 1.29 is 13.2 Å². The lowest BCUT2D eigenvalue weighted by Crippen LogP contribution is -2.39. The van der Waals surface area contributed by atoms with Crippen molar-refractivity contribution in [3.8, 4) is 0 Å². The van der Waals surface area contributed by atoms with Crippen molar-refractivity contribution in [1.29, 1.82) is 0 Å². The summed E-state index contributed by atoms with van der Waals surface area (Å²) in [6.07, 6.45) is 0.721. The fourth-order valence-corrected chi connectivity index (χ4v) is 3.31. The molecule has 0 aliphatic rings. The van der Waals surface area contributed by atoms with Gasteiger partial charge in [0.1, 0.15) is 0 Å². The van der Waals surface area contributed by atoms with Crippen LogP contribution in [0.2, 0.25) is 0 Å². The van der Waals surface area contributed by atoms with Crippen molar-refractivity contribution in [2.75, 3.05) is 39.5 Å². The van der Waals surface area contributed by atoms with Crippen LogP contribution >= 0.6 is 0 Å². The van der Waals surface area contributed by atoms with E-state index in [4.69, 9.17) is 0 Å². The Bertz CT molecular complexity index is 781. The first-order valence-corrected chi connectivity index (χ1v) is 11.2. The van der Waals surface area contributed by atoms with Gasteiger partial charge in [-0.1, -0.05) is 12.1 Å². The zero-order chi connectivity index (χ0) is 21.4. The van der Waals surface area contributed by atoms with Gasteiger partial charge in [-0.05, 0) is 51.8 Å². The summed E-state index contributed by atoms with van der Waals surface area (Å²) in [5.41, 5.74) is 1.71. The lowest BCUT2D eigenvalue weighted by molar-refractivity contribution is 0.0827. The van der Waals surface area contributed by atoms with Crippen molar-refractivity contribution >= 4 is 21.7 Å². The highest BCUT2D eigenvalue weighted by Crippen LogP contribution is 2.15. The van der Waals surface area contributed by atoms with Crippen LogP contribution in [0.1, 0.15) is 43.6 Å². The predicted molar refractivity (Wildman–Crippen MR) is 116 cm³/mol. The van der Waals surface area contributed by atoms with E-state index < -0.39 is 14.6 Å². The van der Waals surface area contributed by atoms with E-state index in [1.54, 1.807) is 45.8 Å². The molecule has 0 spiro atoms. The molecule has 1 rings (SSSR count). The summed E-state index contributed by atoms with van der Waals surface area (Å²) in [7, 11) is 0.273. The van der Waals surface area contributed by atoms with Crippen molar-refractivity contribution in [1.82, 2.24) is 15.5 Å². The maximum Gasteiger partial charge on any atom is 0.253 e. The van der Waals surface area contributed by atoms with Gasteiger partial charge >= 0.3 is 0 Å². The molecule has 0 aliphatic carbocycles. The second-order valence-electron chi connectivity index (χ2n) is 7.77. The van der Waals surface area contributed by atoms with Gasteiger partial charge in [0.25, 0.3) is 5.91 Å². The Morgan fingerprint density at radius 3 is 2.43 bits per heavy atom. The lowest BCUT2D eigenvalue weighted by atomic mass is 10.1. The van der Waals surface area contributed by atoms with Crippen LogP contribution in [0.25, 0.3) is 0 Å². The molecule has 0 saturated heterocycles. The van der Waals surface area contributed by atoms with Gasteiger partial charge in [-0.25, -0.2) is 8.42 Å². The summed E-state index contributed by atoms with van der Waals surface area (Å²) in [6, 6.07) is 7.56. The third-order valence-corrected chi connectivity index (χ3v) is 6.78. The summed E-state index contributed by atoms with van der Waals surface area (Å²) in [6.45, 7) is 8.57. The van der Waals surface area contributed by atoms with Gasteiger partial charge in [-0.3, -0.25) is 9.79 Å². The Morgan fingerprint density at radius 1 is 1.18 bits per heavy atom. The van der Waals surface area contributed by atoms with Gasteiger partial charge in [0.15, 0.2) is 15.8 Å². The summed E-state index contributed by atoms with van der Waals surface area (Å²) >= 11 is 0. The fraction of sp³-hybridized carbons (Fsp3) is 0.600. The molecule has 1 aromatic carbocycles. The van der Waals surface area contributed by atoms with Crippen molar-refractivity contribution in [3.05, 3.63) is 35.4 Å². The van der Waals surface area contributed by atoms with Gasteiger partial charge in [0, 0.05) is 32.7 Å². The molecule has 0 unspecified atom stereocenters. The maximum absolute atomic E-state index is 12.2. The van der Waals surface area contributed by atoms with Gasteiger partial charge in [-0.2, -0.15) is 0 Å². The molecule has 0 saturated carbocycles. The first-order valence-electron chi connectivity index (χ1n) is 9.53. The number of sulfone groups is 1. The minimum atomic E-state index is -3.19. The number of benzene rings is 1. The topological polar surface area (TPSA) is 90.9 Å². The number of carbonyl (C=O) groups excluding carboxylic acids is 1. The highest BCUT2D eigenvalue weighted by Gasteiger charge is 2.28. The quantitative estimate of drug-likeness (QED) is 0.503. The van der Waals surface area contributed by atoms with Gasteiger partial charge in [0.2, 0.25) is 0 Å². The highest BCUT2D eigenvalue weighted by molar-refractivity contribution is 7.92. The number of carbonyl (C=O) groups is 1. The number of hydrogen-bond donors (Lipinski definition) is 2. The number of aliphatic imine (C=N–C) groups is 1. The van der Waals surface area contributed by atoms with Crippen molar-refractivity contribution in [2.45, 2.75) is 38.9 Å². The van der Waals surface area contributed by atoms with Gasteiger partial charge in [0.05, 0.1) is 17.0 Å². The molecule has 0 aliphatic heterocycles. The second-order valence-corrected chi connectivity index (χ2v) is 10.6. The maximum atomic E-state index is 12.2. The van der Waals surface area contributed by atoms with Crippen LogP contribution in [0.15, 0.2) is 29.3 Å². The molecule has 0 atom stereocenters. The number of guanidine groups is 1. The van der Waals surface area contributed by atoms with Crippen LogP contribution < -0.4 is 10.6 Å². The summed E-state index contributed by atoms with van der Waals surface area (Å²) in [4.78, 5) is 18.0. The molecule has 1 amide bonds. The fourth-order valence-electron chi connectivity index (χ4n) is 2.37. The average Bonchev–Trinajstić information content (AvgIpc) is 2.60. The SMILES string of the molecule is CCNC(=NCCS(=O)(=O)C(C)(C)C)NCCc1cccc(C(=O)N(C)C)c1. The molecule has 158 valence electrons. The molecule has 0 heterocycles. The zero-order valence-corrected chi connectivity index (χ0v) is 18.7. The third kappa shape index (κ3) is 7.50. The van der Waals surface area contributed by atoms with E-state index in [0.29, 0.717) is 24.6 Å². The molecule has 2 N–H and O–H groups in total. The molecule has 0 fully saturated rings. The number of hydrogen-bond acceptors (Lipinski definition) is 4. The Hall–Kier alpha value is -2.09. The van der Waals surface area contributed by atoms with Crippen LogP contribution in [-0.4, -0.2) is 69.4 Å². The highest BCUT2D eigenvalue weighted by atomic mass is 32.2.